The quantitative estimate of drug-likeness (QED) is 0.778. The highest BCUT2D eigenvalue weighted by Gasteiger charge is 2.29. The average Bonchev–Trinajstić information content (AvgIpc) is 3.43. The van der Waals surface area contributed by atoms with Gasteiger partial charge in [0, 0.05) is 26.1 Å². The fourth-order valence-corrected chi connectivity index (χ4v) is 4.29. The molecule has 0 atom stereocenters. The molecular weight excluding hydrogens is 394 g/mol. The van der Waals surface area contributed by atoms with E-state index in [1.165, 1.54) is 11.9 Å². The van der Waals surface area contributed by atoms with E-state index >= 15 is 0 Å². The number of nitrogens with zero attached hydrogens (tertiary/aromatic N) is 2. The number of hydrogen-bond acceptors (Lipinski definition) is 4. The molecule has 0 saturated carbocycles. The van der Waals surface area contributed by atoms with Crippen molar-refractivity contribution in [3.8, 4) is 11.1 Å². The van der Waals surface area contributed by atoms with Crippen molar-refractivity contribution in [2.24, 2.45) is 0 Å². The van der Waals surface area contributed by atoms with E-state index in [1.807, 2.05) is 24.3 Å². The minimum absolute atomic E-state index is 0.0309. The van der Waals surface area contributed by atoms with Crippen LogP contribution in [-0.2, 0) is 14.3 Å². The Morgan fingerprint density at radius 1 is 1.00 bits per heavy atom. The van der Waals surface area contributed by atoms with E-state index in [0.717, 1.165) is 48.2 Å². The number of likely N-dealkylation sites (tertiary alicyclic amines) is 1. The van der Waals surface area contributed by atoms with Gasteiger partial charge in [0.2, 0.25) is 11.8 Å². The molecule has 0 bridgehead atoms. The first-order valence-corrected chi connectivity index (χ1v) is 10.6. The third-order valence-corrected chi connectivity index (χ3v) is 5.92. The summed E-state index contributed by atoms with van der Waals surface area (Å²) in [5, 5.41) is 2.59. The molecule has 1 N–H and O–H groups in total. The Kier molecular flexibility index (Phi) is 6.21. The van der Waals surface area contributed by atoms with Crippen LogP contribution in [0, 0.1) is 0 Å². The number of likely N-dealkylation sites (N-methyl/N-ethyl adjacent to an activating group) is 1. The fraction of sp³-hybridized carbons (Fsp3) is 0.375. The molecular formula is C24H27N3O4. The Morgan fingerprint density at radius 2 is 1.58 bits per heavy atom. The van der Waals surface area contributed by atoms with Crippen LogP contribution in [0.15, 0.2) is 48.5 Å². The molecule has 1 aliphatic carbocycles. The van der Waals surface area contributed by atoms with Crippen molar-refractivity contribution in [2.45, 2.75) is 18.8 Å². The highest BCUT2D eigenvalue weighted by atomic mass is 16.6. The van der Waals surface area contributed by atoms with Crippen molar-refractivity contribution in [3.63, 3.8) is 0 Å². The van der Waals surface area contributed by atoms with E-state index in [-0.39, 0.29) is 37.4 Å². The van der Waals surface area contributed by atoms with Crippen LogP contribution in [0.2, 0.25) is 0 Å². The fourth-order valence-electron chi connectivity index (χ4n) is 4.29. The summed E-state index contributed by atoms with van der Waals surface area (Å²) in [6.07, 6.45) is 1.44. The third kappa shape index (κ3) is 4.55. The van der Waals surface area contributed by atoms with Crippen molar-refractivity contribution in [1.29, 1.82) is 0 Å². The normalized spacial score (nSPS) is 14.7. The summed E-state index contributed by atoms with van der Waals surface area (Å²) in [6.45, 7) is 1.48. The van der Waals surface area contributed by atoms with Gasteiger partial charge in [-0.3, -0.25) is 9.59 Å². The third-order valence-electron chi connectivity index (χ3n) is 5.92. The van der Waals surface area contributed by atoms with Crippen LogP contribution in [0.5, 0.6) is 0 Å². The molecule has 1 aliphatic heterocycles. The molecule has 0 spiro atoms. The molecule has 2 aromatic carbocycles. The molecule has 7 heteroatoms. The van der Waals surface area contributed by atoms with Gasteiger partial charge in [-0.2, -0.15) is 0 Å². The smallest absolute Gasteiger partial charge is 0.409 e. The number of hydrogen-bond donors (Lipinski definition) is 1. The van der Waals surface area contributed by atoms with Crippen LogP contribution in [0.4, 0.5) is 4.79 Å². The first-order chi connectivity index (χ1) is 15.0. The summed E-state index contributed by atoms with van der Waals surface area (Å²) in [4.78, 5) is 39.6. The van der Waals surface area contributed by atoms with E-state index in [4.69, 9.17) is 4.74 Å². The van der Waals surface area contributed by atoms with Crippen LogP contribution < -0.4 is 5.32 Å². The van der Waals surface area contributed by atoms with Gasteiger partial charge in [0.25, 0.3) is 0 Å². The minimum Gasteiger partial charge on any atom is -0.448 e. The molecule has 3 amide bonds. The molecule has 1 fully saturated rings. The van der Waals surface area contributed by atoms with Gasteiger partial charge in [0.05, 0.1) is 6.54 Å². The van der Waals surface area contributed by atoms with Crippen LogP contribution in [0.1, 0.15) is 29.9 Å². The molecule has 1 heterocycles. The van der Waals surface area contributed by atoms with Gasteiger partial charge >= 0.3 is 6.09 Å². The van der Waals surface area contributed by atoms with Crippen LogP contribution in [-0.4, -0.2) is 67.5 Å². The minimum atomic E-state index is -0.567. The molecule has 31 heavy (non-hydrogen) atoms. The molecule has 0 radical (unpaired) electrons. The monoisotopic (exact) mass is 421 g/mol. The topological polar surface area (TPSA) is 79.0 Å². The summed E-state index contributed by atoms with van der Waals surface area (Å²) >= 11 is 0. The Hall–Kier alpha value is -3.35. The van der Waals surface area contributed by atoms with E-state index in [1.54, 1.807) is 4.90 Å². The van der Waals surface area contributed by atoms with Gasteiger partial charge in [-0.25, -0.2) is 4.79 Å². The van der Waals surface area contributed by atoms with Crippen LogP contribution in [0.3, 0.4) is 0 Å². The molecule has 4 rings (SSSR count). The maximum atomic E-state index is 12.5. The largest absolute Gasteiger partial charge is 0.448 e. The van der Waals surface area contributed by atoms with Gasteiger partial charge in [-0.15, -0.1) is 0 Å². The number of rotatable bonds is 6. The molecule has 162 valence electrons. The Balaban J connectivity index is 1.28. The van der Waals surface area contributed by atoms with Gasteiger partial charge in [-0.05, 0) is 35.1 Å². The lowest BCUT2D eigenvalue weighted by atomic mass is 9.98. The van der Waals surface area contributed by atoms with Gasteiger partial charge in [0.1, 0.15) is 13.2 Å². The first-order valence-electron chi connectivity index (χ1n) is 10.6. The van der Waals surface area contributed by atoms with Gasteiger partial charge in [0.15, 0.2) is 0 Å². The summed E-state index contributed by atoms with van der Waals surface area (Å²) in [7, 11) is 1.51. The molecule has 0 unspecified atom stereocenters. The molecule has 2 aliphatic rings. The summed E-state index contributed by atoms with van der Waals surface area (Å²) in [5.74, 6) is -0.505. The van der Waals surface area contributed by atoms with E-state index in [9.17, 15) is 14.4 Å². The highest BCUT2D eigenvalue weighted by molar-refractivity contribution is 5.87. The SMILES string of the molecule is CN(CC(=O)NCC(=O)N1CCCC1)C(=O)OCC1c2ccccc2-c2ccccc21. The number of ether oxygens (including phenoxy) is 1. The standard InChI is InChI=1S/C24H27N3O4/c1-26(15-22(28)25-14-23(29)27-12-6-7-13-27)24(30)31-16-21-19-10-4-2-8-17(19)18-9-3-5-11-20(18)21/h2-5,8-11,21H,6-7,12-16H2,1H3,(H,25,28). The van der Waals surface area contributed by atoms with Crippen molar-refractivity contribution in [1.82, 2.24) is 15.1 Å². The number of carbonyl (C=O) groups is 3. The van der Waals surface area contributed by atoms with E-state index < -0.39 is 6.09 Å². The van der Waals surface area contributed by atoms with Gasteiger partial charge < -0.3 is 19.9 Å². The summed E-state index contributed by atoms with van der Waals surface area (Å²) in [6, 6.07) is 16.3. The second-order valence-electron chi connectivity index (χ2n) is 8.02. The van der Waals surface area contributed by atoms with E-state index in [0.29, 0.717) is 0 Å². The lowest BCUT2D eigenvalue weighted by molar-refractivity contribution is -0.132. The number of carbonyl (C=O) groups excluding carboxylic acids is 3. The molecule has 7 nitrogen and oxygen atoms in total. The number of fused-ring (bicyclic) bond motifs is 3. The van der Waals surface area contributed by atoms with Crippen molar-refractivity contribution < 1.29 is 19.1 Å². The Labute approximate surface area is 182 Å². The first kappa shape index (κ1) is 20.9. The predicted molar refractivity (Wildman–Crippen MR) is 117 cm³/mol. The highest BCUT2D eigenvalue weighted by Crippen LogP contribution is 2.44. The Bertz CT molecular complexity index is 939. The summed E-state index contributed by atoms with van der Waals surface area (Å²) in [5.41, 5.74) is 4.60. The lowest BCUT2D eigenvalue weighted by Gasteiger charge is -2.20. The number of benzene rings is 2. The Morgan fingerprint density at radius 3 is 2.19 bits per heavy atom. The second kappa shape index (κ2) is 9.20. The molecule has 0 aromatic heterocycles. The maximum Gasteiger partial charge on any atom is 0.409 e. The lowest BCUT2D eigenvalue weighted by Crippen LogP contribution is -2.43. The zero-order valence-corrected chi connectivity index (χ0v) is 17.7. The van der Waals surface area contributed by atoms with Crippen molar-refractivity contribution >= 4 is 17.9 Å². The zero-order valence-electron chi connectivity index (χ0n) is 17.7. The van der Waals surface area contributed by atoms with Crippen LogP contribution in [0.25, 0.3) is 11.1 Å². The van der Waals surface area contributed by atoms with Crippen molar-refractivity contribution in [3.05, 3.63) is 59.7 Å². The number of nitrogens with one attached hydrogen (secondary N) is 1. The second-order valence-corrected chi connectivity index (χ2v) is 8.02. The van der Waals surface area contributed by atoms with E-state index in [2.05, 4.69) is 29.6 Å². The molecule has 1 saturated heterocycles. The number of amides is 3. The van der Waals surface area contributed by atoms with Crippen molar-refractivity contribution in [2.75, 3.05) is 39.8 Å². The summed E-state index contributed by atoms with van der Waals surface area (Å²) < 4.78 is 5.54. The van der Waals surface area contributed by atoms with Gasteiger partial charge in [-0.1, -0.05) is 48.5 Å². The molecule has 2 aromatic rings. The average molecular weight is 421 g/mol. The zero-order chi connectivity index (χ0) is 21.8. The van der Waals surface area contributed by atoms with Crippen LogP contribution >= 0.6 is 0 Å². The predicted octanol–water partition coefficient (Wildman–Crippen LogP) is 2.61. The maximum absolute atomic E-state index is 12.5.